The zero-order valence-corrected chi connectivity index (χ0v) is 14.7. The highest BCUT2D eigenvalue weighted by Gasteiger charge is 2.20. The maximum Gasteiger partial charge on any atom is 0.244 e. The lowest BCUT2D eigenvalue weighted by Gasteiger charge is -2.12. The SMILES string of the molecule is COc1ccc(S(=O)(=O)NCc2ccc3c(c2)CCC3)c(OC)c1. The lowest BCUT2D eigenvalue weighted by molar-refractivity contribution is 0.386. The Hall–Kier alpha value is -2.05. The zero-order chi connectivity index (χ0) is 17.2. The minimum absolute atomic E-state index is 0.104. The van der Waals surface area contributed by atoms with E-state index in [-0.39, 0.29) is 17.2 Å². The van der Waals surface area contributed by atoms with Crippen LogP contribution in [-0.2, 0) is 29.4 Å². The molecule has 2 aromatic carbocycles. The summed E-state index contributed by atoms with van der Waals surface area (Å²) in [6, 6.07) is 10.8. The molecular formula is C18H21NO4S. The molecule has 128 valence electrons. The summed E-state index contributed by atoms with van der Waals surface area (Å²) in [7, 11) is -0.709. The predicted molar refractivity (Wildman–Crippen MR) is 92.0 cm³/mol. The molecule has 0 heterocycles. The third-order valence-corrected chi connectivity index (χ3v) is 5.73. The molecule has 1 aliphatic carbocycles. The molecule has 0 saturated carbocycles. The average molecular weight is 347 g/mol. The molecule has 1 aliphatic rings. The van der Waals surface area contributed by atoms with Crippen molar-refractivity contribution in [3.63, 3.8) is 0 Å². The van der Waals surface area contributed by atoms with Crippen LogP contribution in [-0.4, -0.2) is 22.6 Å². The van der Waals surface area contributed by atoms with Crippen LogP contribution < -0.4 is 14.2 Å². The topological polar surface area (TPSA) is 64.6 Å². The van der Waals surface area contributed by atoms with Crippen LogP contribution in [0.5, 0.6) is 11.5 Å². The van der Waals surface area contributed by atoms with Gasteiger partial charge in [0.25, 0.3) is 0 Å². The van der Waals surface area contributed by atoms with E-state index in [1.165, 1.54) is 37.8 Å². The van der Waals surface area contributed by atoms with Gasteiger partial charge in [0.15, 0.2) is 0 Å². The van der Waals surface area contributed by atoms with Crippen molar-refractivity contribution in [3.05, 3.63) is 53.1 Å². The van der Waals surface area contributed by atoms with Crippen molar-refractivity contribution >= 4 is 10.0 Å². The second kappa shape index (κ2) is 6.83. The van der Waals surface area contributed by atoms with Gasteiger partial charge in [0, 0.05) is 12.6 Å². The molecule has 0 saturated heterocycles. The van der Waals surface area contributed by atoms with Gasteiger partial charge in [0.05, 0.1) is 14.2 Å². The van der Waals surface area contributed by atoms with E-state index in [1.54, 1.807) is 12.1 Å². The molecule has 24 heavy (non-hydrogen) atoms. The number of benzene rings is 2. The van der Waals surface area contributed by atoms with E-state index in [2.05, 4.69) is 16.9 Å². The van der Waals surface area contributed by atoms with Gasteiger partial charge in [-0.25, -0.2) is 13.1 Å². The minimum atomic E-state index is -3.67. The first kappa shape index (κ1) is 16.8. The van der Waals surface area contributed by atoms with Crippen molar-refractivity contribution in [3.8, 4) is 11.5 Å². The molecule has 5 nitrogen and oxygen atoms in total. The van der Waals surface area contributed by atoms with E-state index in [9.17, 15) is 8.42 Å². The maximum atomic E-state index is 12.6. The predicted octanol–water partition coefficient (Wildman–Crippen LogP) is 2.67. The van der Waals surface area contributed by atoms with Crippen molar-refractivity contribution in [2.45, 2.75) is 30.7 Å². The van der Waals surface area contributed by atoms with E-state index in [0.29, 0.717) is 5.75 Å². The third-order valence-electron chi connectivity index (χ3n) is 4.29. The Kier molecular flexibility index (Phi) is 4.78. The summed E-state index contributed by atoms with van der Waals surface area (Å²) >= 11 is 0. The summed E-state index contributed by atoms with van der Waals surface area (Å²) in [6.07, 6.45) is 3.36. The first-order valence-corrected chi connectivity index (χ1v) is 9.34. The number of aryl methyl sites for hydroxylation is 2. The largest absolute Gasteiger partial charge is 0.497 e. The fourth-order valence-corrected chi connectivity index (χ4v) is 4.15. The number of fused-ring (bicyclic) bond motifs is 1. The molecule has 6 heteroatoms. The Morgan fingerprint density at radius 1 is 1.00 bits per heavy atom. The third kappa shape index (κ3) is 3.39. The molecule has 0 radical (unpaired) electrons. The highest BCUT2D eigenvalue weighted by Crippen LogP contribution is 2.28. The molecule has 2 aromatic rings. The van der Waals surface area contributed by atoms with Gasteiger partial charge in [-0.3, -0.25) is 0 Å². The van der Waals surface area contributed by atoms with Crippen LogP contribution in [0.1, 0.15) is 23.1 Å². The van der Waals surface area contributed by atoms with Crippen LogP contribution in [0.3, 0.4) is 0 Å². The number of methoxy groups -OCH3 is 2. The van der Waals surface area contributed by atoms with Crippen LogP contribution in [0.2, 0.25) is 0 Å². The van der Waals surface area contributed by atoms with E-state index >= 15 is 0 Å². The second-order valence-corrected chi connectivity index (χ2v) is 7.53. The van der Waals surface area contributed by atoms with Crippen LogP contribution >= 0.6 is 0 Å². The van der Waals surface area contributed by atoms with Crippen LogP contribution in [0, 0.1) is 0 Å². The summed E-state index contributed by atoms with van der Waals surface area (Å²) in [5, 5.41) is 0. The quantitative estimate of drug-likeness (QED) is 0.872. The Bertz CT molecular complexity index is 846. The van der Waals surface area contributed by atoms with E-state index in [1.807, 2.05) is 6.07 Å². The van der Waals surface area contributed by atoms with Crippen LogP contribution in [0.25, 0.3) is 0 Å². The van der Waals surface area contributed by atoms with Gasteiger partial charge < -0.3 is 9.47 Å². The van der Waals surface area contributed by atoms with Crippen molar-refractivity contribution in [1.82, 2.24) is 4.72 Å². The van der Waals surface area contributed by atoms with Gasteiger partial charge in [-0.15, -0.1) is 0 Å². The highest BCUT2D eigenvalue weighted by molar-refractivity contribution is 7.89. The summed E-state index contributed by atoms with van der Waals surface area (Å²) in [4.78, 5) is 0.104. The fraction of sp³-hybridized carbons (Fsp3) is 0.333. The second-order valence-electron chi connectivity index (χ2n) is 5.80. The Balaban J connectivity index is 1.79. The normalized spacial score (nSPS) is 13.6. The lowest BCUT2D eigenvalue weighted by Crippen LogP contribution is -2.23. The Labute approximate surface area is 142 Å². The molecule has 0 atom stereocenters. The van der Waals surface area contributed by atoms with Crippen molar-refractivity contribution < 1.29 is 17.9 Å². The smallest absolute Gasteiger partial charge is 0.244 e. The average Bonchev–Trinajstić information content (AvgIpc) is 3.07. The number of ether oxygens (including phenoxy) is 2. The van der Waals surface area contributed by atoms with E-state index in [0.717, 1.165) is 18.4 Å². The summed E-state index contributed by atoms with van der Waals surface area (Å²) < 4.78 is 38.1. The fourth-order valence-electron chi connectivity index (χ4n) is 2.99. The van der Waals surface area contributed by atoms with E-state index < -0.39 is 10.0 Å². The molecule has 0 spiro atoms. The number of hydrogen-bond acceptors (Lipinski definition) is 4. The zero-order valence-electron chi connectivity index (χ0n) is 13.8. The van der Waals surface area contributed by atoms with Gasteiger partial charge in [0.1, 0.15) is 16.4 Å². The summed E-state index contributed by atoms with van der Waals surface area (Å²) in [6.45, 7) is 0.255. The van der Waals surface area contributed by atoms with Gasteiger partial charge >= 0.3 is 0 Å². The number of rotatable bonds is 6. The lowest BCUT2D eigenvalue weighted by atomic mass is 10.1. The van der Waals surface area contributed by atoms with Gasteiger partial charge in [-0.05, 0) is 48.1 Å². The summed E-state index contributed by atoms with van der Waals surface area (Å²) in [5.41, 5.74) is 3.67. The molecule has 0 aromatic heterocycles. The van der Waals surface area contributed by atoms with Crippen LogP contribution in [0.4, 0.5) is 0 Å². The molecule has 0 bridgehead atoms. The highest BCUT2D eigenvalue weighted by atomic mass is 32.2. The number of nitrogens with one attached hydrogen (secondary N) is 1. The molecule has 0 aliphatic heterocycles. The van der Waals surface area contributed by atoms with E-state index in [4.69, 9.17) is 9.47 Å². The number of sulfonamides is 1. The Morgan fingerprint density at radius 2 is 1.79 bits per heavy atom. The maximum absolute atomic E-state index is 12.6. The minimum Gasteiger partial charge on any atom is -0.497 e. The molecule has 0 fully saturated rings. The van der Waals surface area contributed by atoms with Gasteiger partial charge in [0.2, 0.25) is 10.0 Å². The monoisotopic (exact) mass is 347 g/mol. The molecule has 1 N–H and O–H groups in total. The molecule has 0 amide bonds. The standard InChI is InChI=1S/C18H21NO4S/c1-22-16-8-9-18(17(11-16)23-2)24(20,21)19-12-13-6-7-14-4-3-5-15(14)10-13/h6-11,19H,3-5,12H2,1-2H3. The molecule has 0 unspecified atom stereocenters. The molecule has 3 rings (SSSR count). The number of hydrogen-bond donors (Lipinski definition) is 1. The summed E-state index contributed by atoms with van der Waals surface area (Å²) in [5.74, 6) is 0.806. The first-order chi connectivity index (χ1) is 11.5. The van der Waals surface area contributed by atoms with Crippen molar-refractivity contribution in [2.75, 3.05) is 14.2 Å². The van der Waals surface area contributed by atoms with Gasteiger partial charge in [-0.1, -0.05) is 18.2 Å². The molecular weight excluding hydrogens is 326 g/mol. The van der Waals surface area contributed by atoms with Crippen LogP contribution in [0.15, 0.2) is 41.3 Å². The van der Waals surface area contributed by atoms with Gasteiger partial charge in [-0.2, -0.15) is 0 Å². The van der Waals surface area contributed by atoms with Crippen molar-refractivity contribution in [2.24, 2.45) is 0 Å². The first-order valence-electron chi connectivity index (χ1n) is 7.86. The van der Waals surface area contributed by atoms with Crippen molar-refractivity contribution in [1.29, 1.82) is 0 Å². The Morgan fingerprint density at radius 3 is 2.54 bits per heavy atom.